The van der Waals surface area contributed by atoms with Crippen molar-refractivity contribution in [3.05, 3.63) is 11.6 Å². The summed E-state index contributed by atoms with van der Waals surface area (Å²) < 4.78 is 2.15. The van der Waals surface area contributed by atoms with E-state index in [4.69, 9.17) is 0 Å². The fourth-order valence-electron chi connectivity index (χ4n) is 3.65. The zero-order valence-electron chi connectivity index (χ0n) is 13.0. The van der Waals surface area contributed by atoms with E-state index in [9.17, 15) is 4.79 Å². The third-order valence-electron chi connectivity index (χ3n) is 4.73. The van der Waals surface area contributed by atoms with E-state index in [1.54, 1.807) is 0 Å². The SMILES string of the molecule is CCCC1(C(=O)NC(C)c2nnc3n2CCC3)CCCN1. The van der Waals surface area contributed by atoms with Crippen LogP contribution in [0, 0.1) is 0 Å². The second-order valence-corrected chi connectivity index (χ2v) is 6.29. The van der Waals surface area contributed by atoms with Crippen molar-refractivity contribution in [3.8, 4) is 0 Å². The third kappa shape index (κ3) is 2.57. The molecule has 2 aliphatic heterocycles. The van der Waals surface area contributed by atoms with E-state index in [-0.39, 0.29) is 17.5 Å². The molecule has 2 unspecified atom stereocenters. The van der Waals surface area contributed by atoms with Crippen molar-refractivity contribution in [1.29, 1.82) is 0 Å². The lowest BCUT2D eigenvalue weighted by molar-refractivity contribution is -0.128. The number of rotatable bonds is 5. The van der Waals surface area contributed by atoms with Crippen molar-refractivity contribution in [1.82, 2.24) is 25.4 Å². The van der Waals surface area contributed by atoms with Gasteiger partial charge in [-0.1, -0.05) is 13.3 Å². The fraction of sp³-hybridized carbons (Fsp3) is 0.800. The quantitative estimate of drug-likeness (QED) is 0.858. The molecule has 1 aromatic rings. The molecule has 1 aromatic heterocycles. The molecular formula is C15H25N5O. The van der Waals surface area contributed by atoms with Gasteiger partial charge in [-0.25, -0.2) is 0 Å². The Morgan fingerprint density at radius 3 is 3.05 bits per heavy atom. The van der Waals surface area contributed by atoms with Gasteiger partial charge in [-0.3, -0.25) is 4.79 Å². The lowest BCUT2D eigenvalue weighted by Gasteiger charge is -2.29. The molecule has 0 aliphatic carbocycles. The summed E-state index contributed by atoms with van der Waals surface area (Å²) in [4.78, 5) is 12.7. The highest BCUT2D eigenvalue weighted by molar-refractivity contribution is 5.87. The zero-order chi connectivity index (χ0) is 14.9. The molecule has 6 heteroatoms. The molecule has 3 heterocycles. The molecule has 0 aromatic carbocycles. The van der Waals surface area contributed by atoms with Gasteiger partial charge >= 0.3 is 0 Å². The summed E-state index contributed by atoms with van der Waals surface area (Å²) in [6.45, 7) is 6.03. The topological polar surface area (TPSA) is 71.8 Å². The normalized spacial score (nSPS) is 25.8. The Labute approximate surface area is 125 Å². The molecule has 0 saturated carbocycles. The van der Waals surface area contributed by atoms with Gasteiger partial charge in [0.05, 0.1) is 11.6 Å². The van der Waals surface area contributed by atoms with E-state index in [2.05, 4.69) is 32.3 Å². The highest BCUT2D eigenvalue weighted by Gasteiger charge is 2.40. The minimum absolute atomic E-state index is 0.0898. The summed E-state index contributed by atoms with van der Waals surface area (Å²) in [5.41, 5.74) is -0.378. The van der Waals surface area contributed by atoms with Crippen LogP contribution in [0.15, 0.2) is 0 Å². The number of carbonyl (C=O) groups is 1. The van der Waals surface area contributed by atoms with Crippen molar-refractivity contribution >= 4 is 5.91 Å². The number of nitrogens with one attached hydrogen (secondary N) is 2. The molecule has 0 radical (unpaired) electrons. The van der Waals surface area contributed by atoms with Crippen molar-refractivity contribution in [3.63, 3.8) is 0 Å². The van der Waals surface area contributed by atoms with Gasteiger partial charge in [-0.15, -0.1) is 10.2 Å². The Bertz CT molecular complexity index is 518. The van der Waals surface area contributed by atoms with Crippen molar-refractivity contribution in [2.24, 2.45) is 0 Å². The smallest absolute Gasteiger partial charge is 0.240 e. The van der Waals surface area contributed by atoms with E-state index >= 15 is 0 Å². The zero-order valence-corrected chi connectivity index (χ0v) is 13.0. The van der Waals surface area contributed by atoms with Crippen LogP contribution in [0.25, 0.3) is 0 Å². The molecule has 2 atom stereocenters. The first-order valence-corrected chi connectivity index (χ1v) is 8.14. The highest BCUT2D eigenvalue weighted by Crippen LogP contribution is 2.26. The number of hydrogen-bond donors (Lipinski definition) is 2. The number of hydrogen-bond acceptors (Lipinski definition) is 4. The molecule has 3 rings (SSSR count). The van der Waals surface area contributed by atoms with Gasteiger partial charge in [0, 0.05) is 13.0 Å². The van der Waals surface area contributed by atoms with Gasteiger partial charge in [0.1, 0.15) is 5.82 Å². The van der Waals surface area contributed by atoms with E-state index in [0.29, 0.717) is 0 Å². The number of aromatic nitrogens is 3. The van der Waals surface area contributed by atoms with Crippen LogP contribution in [-0.2, 0) is 17.8 Å². The van der Waals surface area contributed by atoms with Gasteiger partial charge in [-0.2, -0.15) is 0 Å². The second kappa shape index (κ2) is 5.75. The number of fused-ring (bicyclic) bond motifs is 1. The lowest BCUT2D eigenvalue weighted by atomic mass is 9.90. The van der Waals surface area contributed by atoms with Gasteiger partial charge < -0.3 is 15.2 Å². The molecule has 2 N–H and O–H groups in total. The van der Waals surface area contributed by atoms with Crippen LogP contribution >= 0.6 is 0 Å². The summed E-state index contributed by atoms with van der Waals surface area (Å²) in [6.07, 6.45) is 6.02. The molecule has 116 valence electrons. The van der Waals surface area contributed by atoms with Crippen molar-refractivity contribution < 1.29 is 4.79 Å². The summed E-state index contributed by atoms with van der Waals surface area (Å²) in [5, 5.41) is 15.1. The first-order valence-electron chi connectivity index (χ1n) is 8.14. The molecule has 2 aliphatic rings. The van der Waals surface area contributed by atoms with Gasteiger partial charge in [0.2, 0.25) is 5.91 Å². The Hall–Kier alpha value is -1.43. The Kier molecular flexibility index (Phi) is 3.97. The molecule has 0 spiro atoms. The maximum Gasteiger partial charge on any atom is 0.240 e. The summed E-state index contributed by atoms with van der Waals surface area (Å²) >= 11 is 0. The van der Waals surface area contributed by atoms with Crippen LogP contribution in [0.3, 0.4) is 0 Å². The van der Waals surface area contributed by atoms with E-state index in [1.807, 2.05) is 6.92 Å². The summed E-state index contributed by atoms with van der Waals surface area (Å²) in [5.74, 6) is 2.05. The standard InChI is InChI=1S/C15H25N5O/c1-3-7-15(8-5-9-16-15)14(21)17-11(2)13-19-18-12-6-4-10-20(12)13/h11,16H,3-10H2,1-2H3,(H,17,21). The van der Waals surface area contributed by atoms with E-state index in [1.165, 1.54) is 0 Å². The van der Waals surface area contributed by atoms with E-state index in [0.717, 1.165) is 63.3 Å². The van der Waals surface area contributed by atoms with Crippen molar-refractivity contribution in [2.75, 3.05) is 6.54 Å². The van der Waals surface area contributed by atoms with Gasteiger partial charge in [0.25, 0.3) is 0 Å². The maximum atomic E-state index is 12.7. The molecule has 21 heavy (non-hydrogen) atoms. The fourth-order valence-corrected chi connectivity index (χ4v) is 3.65. The Morgan fingerprint density at radius 1 is 1.48 bits per heavy atom. The number of aryl methyl sites for hydroxylation is 1. The number of carbonyl (C=O) groups excluding carboxylic acids is 1. The first kappa shape index (κ1) is 14.5. The molecule has 0 bridgehead atoms. The first-order chi connectivity index (χ1) is 10.2. The number of amides is 1. The van der Waals surface area contributed by atoms with Gasteiger partial charge in [-0.05, 0) is 39.2 Å². The summed E-state index contributed by atoms with van der Waals surface area (Å²) in [7, 11) is 0. The van der Waals surface area contributed by atoms with Crippen LogP contribution in [0.5, 0.6) is 0 Å². The third-order valence-corrected chi connectivity index (χ3v) is 4.73. The predicted octanol–water partition coefficient (Wildman–Crippen LogP) is 1.32. The average molecular weight is 291 g/mol. The van der Waals surface area contributed by atoms with Gasteiger partial charge in [0.15, 0.2) is 5.82 Å². The minimum atomic E-state index is -0.378. The monoisotopic (exact) mass is 291 g/mol. The highest BCUT2D eigenvalue weighted by atomic mass is 16.2. The number of nitrogens with zero attached hydrogens (tertiary/aromatic N) is 3. The average Bonchev–Trinajstić information content (AvgIpc) is 3.15. The Morgan fingerprint density at radius 2 is 2.33 bits per heavy atom. The van der Waals surface area contributed by atoms with Crippen LogP contribution < -0.4 is 10.6 Å². The Balaban J connectivity index is 1.71. The predicted molar refractivity (Wildman–Crippen MR) is 79.8 cm³/mol. The van der Waals surface area contributed by atoms with Crippen LogP contribution in [-0.4, -0.2) is 32.8 Å². The van der Waals surface area contributed by atoms with Crippen LogP contribution in [0.4, 0.5) is 0 Å². The summed E-state index contributed by atoms with van der Waals surface area (Å²) in [6, 6.07) is -0.0898. The van der Waals surface area contributed by atoms with Crippen LogP contribution in [0.1, 0.15) is 63.6 Å². The lowest BCUT2D eigenvalue weighted by Crippen LogP contribution is -2.54. The minimum Gasteiger partial charge on any atom is -0.345 e. The largest absolute Gasteiger partial charge is 0.345 e. The van der Waals surface area contributed by atoms with E-state index < -0.39 is 0 Å². The molecule has 1 fully saturated rings. The second-order valence-electron chi connectivity index (χ2n) is 6.29. The molecular weight excluding hydrogens is 266 g/mol. The molecule has 6 nitrogen and oxygen atoms in total. The van der Waals surface area contributed by atoms with Crippen LogP contribution in [0.2, 0.25) is 0 Å². The maximum absolute atomic E-state index is 12.7. The molecule has 1 amide bonds. The van der Waals surface area contributed by atoms with Crippen molar-refractivity contribution in [2.45, 2.75) is 70.5 Å². The molecule has 1 saturated heterocycles.